The quantitative estimate of drug-likeness (QED) is 0.746. The van der Waals surface area contributed by atoms with Crippen LogP contribution in [0.15, 0.2) is 28.9 Å². The van der Waals surface area contributed by atoms with Crippen LogP contribution in [-0.2, 0) is 0 Å². The van der Waals surface area contributed by atoms with E-state index in [0.29, 0.717) is 5.69 Å². The number of amides is 1. The lowest BCUT2D eigenvalue weighted by atomic mass is 10.3. The number of nitrogens with two attached hydrogens (primary N) is 1. The highest BCUT2D eigenvalue weighted by atomic mass is 79.9. The van der Waals surface area contributed by atoms with E-state index >= 15 is 0 Å². The summed E-state index contributed by atoms with van der Waals surface area (Å²) in [7, 11) is 0. The number of rotatable bonds is 2. The van der Waals surface area contributed by atoms with Crippen LogP contribution in [0.3, 0.4) is 0 Å². The van der Waals surface area contributed by atoms with E-state index in [2.05, 4.69) is 26.2 Å². The standard InChI is InChI=1S/C11H8BrF2N3O/c12-6-2-8(14)9(3-7(6)13)17-11(18)10-1-5(15)4-16-10/h1-4,16H,15H2,(H,17,18). The zero-order chi connectivity index (χ0) is 13.3. The molecule has 1 amide bonds. The van der Waals surface area contributed by atoms with E-state index < -0.39 is 17.5 Å². The lowest BCUT2D eigenvalue weighted by molar-refractivity contribution is 0.102. The Kier molecular flexibility index (Phi) is 3.33. The topological polar surface area (TPSA) is 70.9 Å². The zero-order valence-electron chi connectivity index (χ0n) is 8.93. The molecule has 0 atom stereocenters. The third-order valence-electron chi connectivity index (χ3n) is 2.21. The third kappa shape index (κ3) is 2.51. The Balaban J connectivity index is 2.24. The molecule has 0 bridgehead atoms. The molecule has 18 heavy (non-hydrogen) atoms. The lowest BCUT2D eigenvalue weighted by Gasteiger charge is -2.06. The number of nitrogens with one attached hydrogen (secondary N) is 2. The Labute approximate surface area is 109 Å². The summed E-state index contributed by atoms with van der Waals surface area (Å²) < 4.78 is 26.7. The van der Waals surface area contributed by atoms with Crippen molar-refractivity contribution in [3.05, 3.63) is 46.2 Å². The van der Waals surface area contributed by atoms with E-state index in [1.54, 1.807) is 0 Å². The number of benzene rings is 1. The van der Waals surface area contributed by atoms with Crippen molar-refractivity contribution in [2.45, 2.75) is 0 Å². The first kappa shape index (κ1) is 12.6. The number of carbonyl (C=O) groups excluding carboxylic acids is 1. The molecule has 4 nitrogen and oxygen atoms in total. The highest BCUT2D eigenvalue weighted by molar-refractivity contribution is 9.10. The molecule has 0 unspecified atom stereocenters. The average Bonchev–Trinajstić information content (AvgIpc) is 2.73. The van der Waals surface area contributed by atoms with Gasteiger partial charge in [-0.1, -0.05) is 0 Å². The fourth-order valence-corrected chi connectivity index (χ4v) is 1.67. The third-order valence-corrected chi connectivity index (χ3v) is 2.82. The Bertz CT molecular complexity index is 612. The highest BCUT2D eigenvalue weighted by Crippen LogP contribution is 2.23. The summed E-state index contributed by atoms with van der Waals surface area (Å²) in [5.41, 5.74) is 5.73. The second kappa shape index (κ2) is 4.77. The van der Waals surface area contributed by atoms with Crippen molar-refractivity contribution >= 4 is 33.2 Å². The number of aromatic nitrogens is 1. The molecular weight excluding hydrogens is 308 g/mol. The number of hydrogen-bond donors (Lipinski definition) is 3. The maximum Gasteiger partial charge on any atom is 0.272 e. The summed E-state index contributed by atoms with van der Waals surface area (Å²) in [6, 6.07) is 3.22. The second-order valence-corrected chi connectivity index (χ2v) is 4.40. The average molecular weight is 316 g/mol. The lowest BCUT2D eigenvalue weighted by Crippen LogP contribution is -2.13. The molecule has 0 radical (unpaired) electrons. The SMILES string of the molecule is Nc1c[nH]c(C(=O)Nc2cc(F)c(Br)cc2F)c1. The van der Waals surface area contributed by atoms with Crippen LogP contribution in [0.5, 0.6) is 0 Å². The molecule has 1 heterocycles. The molecule has 1 aromatic heterocycles. The molecule has 2 aromatic rings. The van der Waals surface area contributed by atoms with Gasteiger partial charge in [0.1, 0.15) is 17.3 Å². The molecule has 2 rings (SSSR count). The van der Waals surface area contributed by atoms with Gasteiger partial charge >= 0.3 is 0 Å². The van der Waals surface area contributed by atoms with Gasteiger partial charge in [-0.15, -0.1) is 0 Å². The minimum Gasteiger partial charge on any atom is -0.397 e. The first-order valence-electron chi connectivity index (χ1n) is 4.87. The Morgan fingerprint density at radius 2 is 2.00 bits per heavy atom. The summed E-state index contributed by atoms with van der Waals surface area (Å²) in [5, 5.41) is 2.25. The van der Waals surface area contributed by atoms with Crippen LogP contribution in [0.25, 0.3) is 0 Å². The van der Waals surface area contributed by atoms with Crippen molar-refractivity contribution < 1.29 is 13.6 Å². The number of nitrogen functional groups attached to an aromatic ring is 1. The molecular formula is C11H8BrF2N3O. The summed E-state index contributed by atoms with van der Waals surface area (Å²) in [4.78, 5) is 14.3. The van der Waals surface area contributed by atoms with E-state index in [-0.39, 0.29) is 15.9 Å². The van der Waals surface area contributed by atoms with Gasteiger partial charge in [0.05, 0.1) is 10.2 Å². The number of anilines is 2. The summed E-state index contributed by atoms with van der Waals surface area (Å²) in [5.74, 6) is -2.01. The maximum atomic E-state index is 13.5. The monoisotopic (exact) mass is 315 g/mol. The summed E-state index contributed by atoms with van der Waals surface area (Å²) in [6.45, 7) is 0. The van der Waals surface area contributed by atoms with Crippen LogP contribution in [0, 0.1) is 11.6 Å². The predicted molar refractivity (Wildman–Crippen MR) is 67.2 cm³/mol. The second-order valence-electron chi connectivity index (χ2n) is 3.55. The van der Waals surface area contributed by atoms with Gasteiger partial charge in [0.2, 0.25) is 0 Å². The molecule has 1 aromatic carbocycles. The van der Waals surface area contributed by atoms with Gasteiger partial charge in [-0.05, 0) is 28.1 Å². The molecule has 0 spiro atoms. The summed E-state index contributed by atoms with van der Waals surface area (Å²) in [6.07, 6.45) is 1.42. The van der Waals surface area contributed by atoms with Crippen LogP contribution in [-0.4, -0.2) is 10.9 Å². The van der Waals surface area contributed by atoms with Crippen LogP contribution >= 0.6 is 15.9 Å². The smallest absolute Gasteiger partial charge is 0.272 e. The van der Waals surface area contributed by atoms with Crippen molar-refractivity contribution in [3.8, 4) is 0 Å². The van der Waals surface area contributed by atoms with Crippen molar-refractivity contribution in [2.24, 2.45) is 0 Å². The first-order chi connectivity index (χ1) is 8.47. The van der Waals surface area contributed by atoms with Crippen LogP contribution in [0.1, 0.15) is 10.5 Å². The molecule has 94 valence electrons. The molecule has 0 saturated carbocycles. The minimum atomic E-state index is -0.740. The predicted octanol–water partition coefficient (Wildman–Crippen LogP) is 2.89. The van der Waals surface area contributed by atoms with Gasteiger partial charge in [-0.25, -0.2) is 8.78 Å². The van der Waals surface area contributed by atoms with E-state index in [1.807, 2.05) is 0 Å². The molecule has 0 aliphatic carbocycles. The Morgan fingerprint density at radius 1 is 1.28 bits per heavy atom. The van der Waals surface area contributed by atoms with Crippen LogP contribution in [0.4, 0.5) is 20.2 Å². The van der Waals surface area contributed by atoms with Crippen molar-refractivity contribution in [1.29, 1.82) is 0 Å². The largest absolute Gasteiger partial charge is 0.397 e. The number of carbonyl (C=O) groups is 1. The molecule has 0 saturated heterocycles. The van der Waals surface area contributed by atoms with Gasteiger partial charge in [-0.3, -0.25) is 4.79 Å². The van der Waals surface area contributed by atoms with Crippen molar-refractivity contribution in [1.82, 2.24) is 4.98 Å². The summed E-state index contributed by atoms with van der Waals surface area (Å²) >= 11 is 2.84. The van der Waals surface area contributed by atoms with E-state index in [4.69, 9.17) is 5.73 Å². The van der Waals surface area contributed by atoms with E-state index in [0.717, 1.165) is 12.1 Å². The number of hydrogen-bond acceptors (Lipinski definition) is 2. The van der Waals surface area contributed by atoms with Crippen LogP contribution in [0.2, 0.25) is 0 Å². The fraction of sp³-hybridized carbons (Fsp3) is 0. The zero-order valence-corrected chi connectivity index (χ0v) is 10.5. The Hall–Kier alpha value is -1.89. The number of H-pyrrole nitrogens is 1. The normalized spacial score (nSPS) is 10.4. The van der Waals surface area contributed by atoms with Gasteiger partial charge < -0.3 is 16.0 Å². The number of aromatic amines is 1. The van der Waals surface area contributed by atoms with E-state index in [9.17, 15) is 13.6 Å². The van der Waals surface area contributed by atoms with Gasteiger partial charge in [0, 0.05) is 18.0 Å². The van der Waals surface area contributed by atoms with Crippen LogP contribution < -0.4 is 11.1 Å². The van der Waals surface area contributed by atoms with Gasteiger partial charge in [0.15, 0.2) is 0 Å². The first-order valence-corrected chi connectivity index (χ1v) is 5.66. The van der Waals surface area contributed by atoms with Gasteiger partial charge in [-0.2, -0.15) is 0 Å². The molecule has 4 N–H and O–H groups in total. The minimum absolute atomic E-state index is 0.0119. The highest BCUT2D eigenvalue weighted by Gasteiger charge is 2.13. The van der Waals surface area contributed by atoms with E-state index in [1.165, 1.54) is 12.3 Å². The fourth-order valence-electron chi connectivity index (χ4n) is 1.35. The molecule has 7 heteroatoms. The van der Waals surface area contributed by atoms with Crippen molar-refractivity contribution in [3.63, 3.8) is 0 Å². The Morgan fingerprint density at radius 3 is 2.61 bits per heavy atom. The molecule has 0 fully saturated rings. The molecule has 0 aliphatic heterocycles. The maximum absolute atomic E-state index is 13.5. The number of halogens is 3. The van der Waals surface area contributed by atoms with Gasteiger partial charge in [0.25, 0.3) is 5.91 Å². The van der Waals surface area contributed by atoms with Crippen molar-refractivity contribution in [2.75, 3.05) is 11.1 Å². The molecule has 0 aliphatic rings.